The molecule has 2 heterocycles. The van der Waals surface area contributed by atoms with E-state index in [4.69, 9.17) is 5.11 Å². The van der Waals surface area contributed by atoms with Crippen molar-refractivity contribution in [3.8, 4) is 0 Å². The number of hydrogen-bond acceptors (Lipinski definition) is 4. The van der Waals surface area contributed by atoms with Crippen LogP contribution in [0, 0.1) is 0 Å². The monoisotopic (exact) mass is 276 g/mol. The molecule has 0 radical (unpaired) electrons. The molecule has 0 atom stereocenters. The molecule has 2 rings (SSSR count). The van der Waals surface area contributed by atoms with Crippen LogP contribution in [0.4, 0.5) is 0 Å². The third kappa shape index (κ3) is 3.62. The van der Waals surface area contributed by atoms with Gasteiger partial charge in [0.2, 0.25) is 0 Å². The molecule has 0 aromatic carbocycles. The maximum atomic E-state index is 11.8. The summed E-state index contributed by atoms with van der Waals surface area (Å²) in [7, 11) is 0. The lowest BCUT2D eigenvalue weighted by Gasteiger charge is -2.04. The number of carboxylic acids is 1. The highest BCUT2D eigenvalue weighted by Crippen LogP contribution is 2.06. The number of aromatic nitrogens is 1. The SMILES string of the molecule is O=C(NCCc1ccsc1)c1ccnc(C(=O)O)c1. The minimum Gasteiger partial charge on any atom is -0.477 e. The van der Waals surface area contributed by atoms with Crippen LogP contribution in [0.2, 0.25) is 0 Å². The van der Waals surface area contributed by atoms with Crippen LogP contribution in [0.25, 0.3) is 0 Å². The number of nitrogens with zero attached hydrogens (tertiary/aromatic N) is 1. The average molecular weight is 276 g/mol. The predicted molar refractivity (Wildman–Crippen MR) is 71.6 cm³/mol. The van der Waals surface area contributed by atoms with Gasteiger partial charge in [-0.25, -0.2) is 9.78 Å². The van der Waals surface area contributed by atoms with Crippen molar-refractivity contribution in [2.45, 2.75) is 6.42 Å². The third-order valence-corrected chi connectivity index (χ3v) is 3.25. The summed E-state index contributed by atoms with van der Waals surface area (Å²) in [6.07, 6.45) is 2.07. The second-order valence-corrected chi connectivity index (χ2v) is 4.65. The second kappa shape index (κ2) is 6.10. The largest absolute Gasteiger partial charge is 0.477 e. The number of aromatic carboxylic acids is 1. The minimum atomic E-state index is -1.15. The van der Waals surface area contributed by atoms with Crippen LogP contribution in [0.3, 0.4) is 0 Å². The van der Waals surface area contributed by atoms with Gasteiger partial charge in [-0.15, -0.1) is 0 Å². The van der Waals surface area contributed by atoms with Crippen LogP contribution in [0.15, 0.2) is 35.2 Å². The summed E-state index contributed by atoms with van der Waals surface area (Å²) in [5, 5.41) is 15.6. The van der Waals surface area contributed by atoms with E-state index in [1.165, 1.54) is 23.9 Å². The standard InChI is InChI=1S/C13H12N2O3S/c16-12(15-4-1-9-3-6-19-8-9)10-2-5-14-11(7-10)13(17)18/h2-3,5-8H,1,4H2,(H,15,16)(H,17,18). The highest BCUT2D eigenvalue weighted by Gasteiger charge is 2.10. The van der Waals surface area contributed by atoms with Gasteiger partial charge in [0, 0.05) is 18.3 Å². The van der Waals surface area contributed by atoms with E-state index in [0.29, 0.717) is 12.1 Å². The topological polar surface area (TPSA) is 79.3 Å². The first-order valence-electron chi connectivity index (χ1n) is 5.65. The van der Waals surface area contributed by atoms with Gasteiger partial charge in [-0.3, -0.25) is 4.79 Å². The van der Waals surface area contributed by atoms with Crippen molar-refractivity contribution in [3.63, 3.8) is 0 Å². The number of thiophene rings is 1. The first-order chi connectivity index (χ1) is 9.16. The van der Waals surface area contributed by atoms with Gasteiger partial charge in [0.15, 0.2) is 0 Å². The molecule has 0 saturated carbocycles. The number of hydrogen-bond donors (Lipinski definition) is 2. The van der Waals surface area contributed by atoms with Crippen LogP contribution in [0.1, 0.15) is 26.4 Å². The summed E-state index contributed by atoms with van der Waals surface area (Å²) in [5.74, 6) is -1.44. The molecule has 98 valence electrons. The number of amides is 1. The molecule has 5 nitrogen and oxygen atoms in total. The fourth-order valence-electron chi connectivity index (χ4n) is 1.55. The molecule has 2 aromatic rings. The zero-order valence-electron chi connectivity index (χ0n) is 10.00. The van der Waals surface area contributed by atoms with Gasteiger partial charge in [0.05, 0.1) is 0 Å². The van der Waals surface area contributed by atoms with Crippen molar-refractivity contribution < 1.29 is 14.7 Å². The van der Waals surface area contributed by atoms with Gasteiger partial charge in [0.1, 0.15) is 5.69 Å². The van der Waals surface area contributed by atoms with Crippen LogP contribution < -0.4 is 5.32 Å². The molecular weight excluding hydrogens is 264 g/mol. The Morgan fingerprint density at radius 3 is 2.89 bits per heavy atom. The van der Waals surface area contributed by atoms with E-state index in [1.54, 1.807) is 11.3 Å². The second-order valence-electron chi connectivity index (χ2n) is 3.87. The molecule has 2 aromatic heterocycles. The van der Waals surface area contributed by atoms with Crippen LogP contribution in [-0.2, 0) is 6.42 Å². The van der Waals surface area contributed by atoms with E-state index in [9.17, 15) is 9.59 Å². The van der Waals surface area contributed by atoms with Crippen molar-refractivity contribution >= 4 is 23.2 Å². The van der Waals surface area contributed by atoms with E-state index in [-0.39, 0.29) is 11.6 Å². The summed E-state index contributed by atoms with van der Waals surface area (Å²) in [6.45, 7) is 0.514. The predicted octanol–water partition coefficient (Wildman–Crippen LogP) is 1.81. The molecule has 0 unspecified atom stereocenters. The highest BCUT2D eigenvalue weighted by molar-refractivity contribution is 7.07. The van der Waals surface area contributed by atoms with Gasteiger partial charge in [-0.05, 0) is 40.9 Å². The molecule has 0 aliphatic rings. The van der Waals surface area contributed by atoms with E-state index in [2.05, 4.69) is 10.3 Å². The lowest BCUT2D eigenvalue weighted by atomic mass is 10.2. The Morgan fingerprint density at radius 1 is 1.37 bits per heavy atom. The molecule has 0 spiro atoms. The zero-order chi connectivity index (χ0) is 13.7. The number of pyridine rings is 1. The minimum absolute atomic E-state index is 0.134. The van der Waals surface area contributed by atoms with Crippen molar-refractivity contribution in [1.29, 1.82) is 0 Å². The number of carbonyl (C=O) groups is 2. The van der Waals surface area contributed by atoms with E-state index in [1.807, 2.05) is 16.8 Å². The first kappa shape index (κ1) is 13.2. The van der Waals surface area contributed by atoms with Crippen molar-refractivity contribution in [2.75, 3.05) is 6.54 Å². The quantitative estimate of drug-likeness (QED) is 0.873. The Morgan fingerprint density at radius 2 is 2.21 bits per heavy atom. The summed E-state index contributed by atoms with van der Waals surface area (Å²) in [4.78, 5) is 26.2. The molecule has 19 heavy (non-hydrogen) atoms. The van der Waals surface area contributed by atoms with Gasteiger partial charge < -0.3 is 10.4 Å². The van der Waals surface area contributed by atoms with Crippen molar-refractivity contribution in [2.24, 2.45) is 0 Å². The van der Waals surface area contributed by atoms with E-state index < -0.39 is 5.97 Å². The summed E-state index contributed by atoms with van der Waals surface area (Å²) >= 11 is 1.61. The van der Waals surface area contributed by atoms with Gasteiger partial charge in [-0.1, -0.05) is 0 Å². The number of rotatable bonds is 5. The molecular formula is C13H12N2O3S. The summed E-state index contributed by atoms with van der Waals surface area (Å²) in [5.41, 5.74) is 1.34. The molecule has 6 heteroatoms. The normalized spacial score (nSPS) is 10.1. The van der Waals surface area contributed by atoms with Gasteiger partial charge >= 0.3 is 5.97 Å². The first-order valence-corrected chi connectivity index (χ1v) is 6.60. The molecule has 0 aliphatic carbocycles. The highest BCUT2D eigenvalue weighted by atomic mass is 32.1. The molecule has 1 amide bonds. The lowest BCUT2D eigenvalue weighted by Crippen LogP contribution is -2.25. The smallest absolute Gasteiger partial charge is 0.354 e. The average Bonchev–Trinajstić information content (AvgIpc) is 2.92. The number of nitrogens with one attached hydrogen (secondary N) is 1. The van der Waals surface area contributed by atoms with Crippen LogP contribution in [0.5, 0.6) is 0 Å². The molecule has 2 N–H and O–H groups in total. The number of carbonyl (C=O) groups excluding carboxylic acids is 1. The summed E-state index contributed by atoms with van der Waals surface area (Å²) in [6, 6.07) is 4.76. The maximum Gasteiger partial charge on any atom is 0.354 e. The van der Waals surface area contributed by atoms with E-state index >= 15 is 0 Å². The Labute approximate surface area is 113 Å². The third-order valence-electron chi connectivity index (χ3n) is 2.52. The molecule has 0 aliphatic heterocycles. The summed E-state index contributed by atoms with van der Waals surface area (Å²) < 4.78 is 0. The fourth-order valence-corrected chi connectivity index (χ4v) is 2.25. The lowest BCUT2D eigenvalue weighted by molar-refractivity contribution is 0.0690. The van der Waals surface area contributed by atoms with Crippen LogP contribution >= 0.6 is 11.3 Å². The number of carboxylic acid groups (broad SMARTS) is 1. The maximum absolute atomic E-state index is 11.8. The Bertz CT molecular complexity index is 581. The van der Waals surface area contributed by atoms with Crippen LogP contribution in [-0.4, -0.2) is 28.5 Å². The Hall–Kier alpha value is -2.21. The van der Waals surface area contributed by atoms with Crippen molar-refractivity contribution in [3.05, 3.63) is 52.0 Å². The van der Waals surface area contributed by atoms with Crippen molar-refractivity contribution in [1.82, 2.24) is 10.3 Å². The van der Waals surface area contributed by atoms with Gasteiger partial charge in [0.25, 0.3) is 5.91 Å². The molecule has 0 fully saturated rings. The van der Waals surface area contributed by atoms with Gasteiger partial charge in [-0.2, -0.15) is 11.3 Å². The molecule has 0 saturated heterocycles. The Kier molecular flexibility index (Phi) is 4.25. The van der Waals surface area contributed by atoms with E-state index in [0.717, 1.165) is 6.42 Å². The zero-order valence-corrected chi connectivity index (χ0v) is 10.8. The fraction of sp³-hybridized carbons (Fsp3) is 0.154. The Balaban J connectivity index is 1.92. The molecule has 0 bridgehead atoms.